The van der Waals surface area contributed by atoms with Crippen molar-refractivity contribution < 1.29 is 23.2 Å². The monoisotopic (exact) mass is 500 g/mol. The number of alkyl halides is 2. The molecule has 0 aliphatic carbocycles. The molecule has 4 heterocycles. The Morgan fingerprint density at radius 2 is 2.17 bits per heavy atom. The van der Waals surface area contributed by atoms with Gasteiger partial charge in [0.2, 0.25) is 0 Å². The predicted molar refractivity (Wildman–Crippen MR) is 130 cm³/mol. The number of carbonyl (C=O) groups is 1. The molecule has 0 spiro atoms. The van der Waals surface area contributed by atoms with Gasteiger partial charge in [0.1, 0.15) is 12.4 Å². The summed E-state index contributed by atoms with van der Waals surface area (Å²) >= 11 is 0. The number of dihydropyridines is 1. The van der Waals surface area contributed by atoms with Gasteiger partial charge < -0.3 is 14.5 Å². The predicted octanol–water partition coefficient (Wildman–Crippen LogP) is 4.00. The number of amidine groups is 1. The fraction of sp³-hybridized carbons (Fsp3) is 0.480. The third-order valence-electron chi connectivity index (χ3n) is 6.52. The number of urea groups is 1. The average Bonchev–Trinajstić information content (AvgIpc) is 3.38. The van der Waals surface area contributed by atoms with Crippen molar-refractivity contribution in [1.29, 1.82) is 0 Å². The third kappa shape index (κ3) is 5.35. The van der Waals surface area contributed by atoms with Crippen molar-refractivity contribution in [3.63, 3.8) is 0 Å². The third-order valence-corrected chi connectivity index (χ3v) is 6.52. The SMILES string of the molecule is CCc1cc(-c2nc(CO)no2)cnc1C1=CCN(C(=O)NC2=NC(C)C(C(F)(F)CC)C=C2)CC1. The maximum atomic E-state index is 14.1. The highest BCUT2D eigenvalue weighted by molar-refractivity contribution is 6.04. The number of carbonyl (C=O) groups excluding carboxylic acids is 1. The number of amides is 2. The molecule has 0 saturated heterocycles. The van der Waals surface area contributed by atoms with Crippen LogP contribution in [0.5, 0.6) is 0 Å². The molecule has 0 bridgehead atoms. The van der Waals surface area contributed by atoms with Crippen molar-refractivity contribution in [2.45, 2.75) is 58.6 Å². The molecule has 2 aliphatic heterocycles. The van der Waals surface area contributed by atoms with Crippen LogP contribution >= 0.6 is 0 Å². The second-order valence-corrected chi connectivity index (χ2v) is 8.87. The molecule has 2 amide bonds. The number of hydrogen-bond donors (Lipinski definition) is 2. The smallest absolute Gasteiger partial charge is 0.323 e. The fourth-order valence-electron chi connectivity index (χ4n) is 4.38. The van der Waals surface area contributed by atoms with E-state index < -0.39 is 17.9 Å². The summed E-state index contributed by atoms with van der Waals surface area (Å²) in [5.74, 6) is -3.01. The van der Waals surface area contributed by atoms with Gasteiger partial charge in [0.15, 0.2) is 5.82 Å². The van der Waals surface area contributed by atoms with Gasteiger partial charge >= 0.3 is 6.03 Å². The quantitative estimate of drug-likeness (QED) is 0.619. The summed E-state index contributed by atoms with van der Waals surface area (Å²) in [5, 5.41) is 15.6. The molecule has 192 valence electrons. The number of nitrogens with zero attached hydrogens (tertiary/aromatic N) is 5. The molecule has 2 aliphatic rings. The van der Waals surface area contributed by atoms with Crippen LogP contribution in [-0.2, 0) is 13.0 Å². The first kappa shape index (κ1) is 25.6. The van der Waals surface area contributed by atoms with Gasteiger partial charge in [0.05, 0.1) is 23.2 Å². The first-order chi connectivity index (χ1) is 17.2. The second-order valence-electron chi connectivity index (χ2n) is 8.87. The number of hydrogen-bond acceptors (Lipinski definition) is 7. The van der Waals surface area contributed by atoms with Crippen LogP contribution in [0.3, 0.4) is 0 Å². The number of aliphatic hydroxyl groups is 1. The van der Waals surface area contributed by atoms with Crippen LogP contribution in [0.1, 0.15) is 50.7 Å². The first-order valence-electron chi connectivity index (χ1n) is 12.1. The van der Waals surface area contributed by atoms with E-state index in [1.54, 1.807) is 18.0 Å². The van der Waals surface area contributed by atoms with E-state index in [4.69, 9.17) is 9.63 Å². The van der Waals surface area contributed by atoms with E-state index in [2.05, 4.69) is 25.4 Å². The Labute approximate surface area is 208 Å². The number of aromatic nitrogens is 3. The zero-order valence-corrected chi connectivity index (χ0v) is 20.5. The highest BCUT2D eigenvalue weighted by Crippen LogP contribution is 2.34. The topological polar surface area (TPSA) is 117 Å². The van der Waals surface area contributed by atoms with Gasteiger partial charge in [-0.25, -0.2) is 13.6 Å². The summed E-state index contributed by atoms with van der Waals surface area (Å²) in [6.45, 7) is 5.68. The first-order valence-corrected chi connectivity index (χ1v) is 12.1. The van der Waals surface area contributed by atoms with Crippen LogP contribution < -0.4 is 5.32 Å². The summed E-state index contributed by atoms with van der Waals surface area (Å²) in [5.41, 5.74) is 3.58. The molecule has 2 unspecified atom stereocenters. The van der Waals surface area contributed by atoms with E-state index in [1.807, 2.05) is 19.1 Å². The second kappa shape index (κ2) is 10.7. The standard InChI is InChI=1S/C25H30F2N6O3/c1-4-16-12-18(23-30-21(14-34)32-36-23)13-28-22(16)17-8-10-33(11-9-17)24(35)31-20-7-6-19(15(3)29-20)25(26,27)5-2/h6-8,12-13,15,19,34H,4-5,9-11,14H2,1-3H3,(H,29,31,35). The zero-order chi connectivity index (χ0) is 25.9. The normalized spacial score (nSPS) is 20.2. The van der Waals surface area contributed by atoms with E-state index in [9.17, 15) is 13.6 Å². The molecule has 4 rings (SSSR count). The maximum Gasteiger partial charge on any atom is 0.323 e. The van der Waals surface area contributed by atoms with Crippen molar-refractivity contribution in [3.05, 3.63) is 47.6 Å². The lowest BCUT2D eigenvalue weighted by Gasteiger charge is -2.30. The molecule has 2 atom stereocenters. The van der Waals surface area contributed by atoms with E-state index in [0.29, 0.717) is 36.8 Å². The van der Waals surface area contributed by atoms with E-state index in [0.717, 1.165) is 23.3 Å². The summed E-state index contributed by atoms with van der Waals surface area (Å²) in [6, 6.07) is 0.995. The van der Waals surface area contributed by atoms with Crippen molar-refractivity contribution in [1.82, 2.24) is 25.3 Å². The number of rotatable bonds is 6. The summed E-state index contributed by atoms with van der Waals surface area (Å²) in [6.07, 6.45) is 7.62. The molecule has 2 aromatic rings. The minimum absolute atomic E-state index is 0.211. The van der Waals surface area contributed by atoms with Gasteiger partial charge in [-0.15, -0.1) is 0 Å². The highest BCUT2D eigenvalue weighted by atomic mass is 19.3. The Morgan fingerprint density at radius 3 is 2.78 bits per heavy atom. The van der Waals surface area contributed by atoms with Crippen LogP contribution in [0.2, 0.25) is 0 Å². The molecular weight excluding hydrogens is 470 g/mol. The lowest BCUT2D eigenvalue weighted by Crippen LogP contribution is -2.46. The Kier molecular flexibility index (Phi) is 7.58. The van der Waals surface area contributed by atoms with E-state index in [1.165, 1.54) is 19.1 Å². The van der Waals surface area contributed by atoms with Gasteiger partial charge in [-0.2, -0.15) is 4.98 Å². The van der Waals surface area contributed by atoms with E-state index >= 15 is 0 Å². The van der Waals surface area contributed by atoms with Crippen molar-refractivity contribution in [3.8, 4) is 11.5 Å². The van der Waals surface area contributed by atoms with Gasteiger partial charge in [-0.3, -0.25) is 15.3 Å². The Hall–Kier alpha value is -3.47. The molecule has 0 fully saturated rings. The Morgan fingerprint density at radius 1 is 1.36 bits per heavy atom. The zero-order valence-electron chi connectivity index (χ0n) is 20.5. The molecule has 2 N–H and O–H groups in total. The van der Waals surface area contributed by atoms with Gasteiger partial charge in [0, 0.05) is 25.7 Å². The van der Waals surface area contributed by atoms with Crippen LogP contribution in [0.25, 0.3) is 17.0 Å². The molecule has 0 radical (unpaired) electrons. The maximum absolute atomic E-state index is 14.1. The number of halogens is 2. The van der Waals surface area contributed by atoms with Crippen molar-refractivity contribution in [2.75, 3.05) is 13.1 Å². The number of pyridine rings is 1. The minimum atomic E-state index is -2.83. The van der Waals surface area contributed by atoms with Crippen LogP contribution in [-0.4, -0.2) is 62.1 Å². The molecular formula is C25H30F2N6O3. The summed E-state index contributed by atoms with van der Waals surface area (Å²) in [7, 11) is 0. The van der Waals surface area contributed by atoms with Crippen LogP contribution in [0.15, 0.2) is 40.0 Å². The highest BCUT2D eigenvalue weighted by Gasteiger charge is 2.40. The van der Waals surface area contributed by atoms with Crippen molar-refractivity contribution in [2.24, 2.45) is 10.9 Å². The average molecular weight is 501 g/mol. The molecule has 0 aromatic carbocycles. The Bertz CT molecular complexity index is 1210. The largest absolute Gasteiger partial charge is 0.388 e. The number of aliphatic imine (C=N–C) groups is 1. The molecule has 0 saturated carbocycles. The number of nitrogens with one attached hydrogen (secondary N) is 1. The van der Waals surface area contributed by atoms with Gasteiger partial charge in [-0.05, 0) is 43.0 Å². The summed E-state index contributed by atoms with van der Waals surface area (Å²) in [4.78, 5) is 27.4. The molecule has 2 aromatic heterocycles. The number of aliphatic hydroxyl groups excluding tert-OH is 1. The Balaban J connectivity index is 1.41. The van der Waals surface area contributed by atoms with Crippen molar-refractivity contribution >= 4 is 17.4 Å². The number of aryl methyl sites for hydroxylation is 1. The van der Waals surface area contributed by atoms with E-state index in [-0.39, 0.29) is 24.9 Å². The lowest BCUT2D eigenvalue weighted by atomic mass is 9.90. The van der Waals surface area contributed by atoms with Gasteiger partial charge in [0.25, 0.3) is 11.8 Å². The van der Waals surface area contributed by atoms with Crippen LogP contribution in [0, 0.1) is 5.92 Å². The molecule has 11 heteroatoms. The summed E-state index contributed by atoms with van der Waals surface area (Å²) < 4.78 is 33.3. The van der Waals surface area contributed by atoms with Gasteiger partial charge in [-0.1, -0.05) is 31.2 Å². The lowest BCUT2D eigenvalue weighted by molar-refractivity contribution is -0.0500. The fourth-order valence-corrected chi connectivity index (χ4v) is 4.38. The molecule has 9 nitrogen and oxygen atoms in total. The minimum Gasteiger partial charge on any atom is -0.388 e. The molecule has 36 heavy (non-hydrogen) atoms. The van der Waals surface area contributed by atoms with Crippen LogP contribution in [0.4, 0.5) is 13.6 Å².